The van der Waals surface area contributed by atoms with Gasteiger partial charge in [-0.1, -0.05) is 65.5 Å². The molecule has 43 heavy (non-hydrogen) atoms. The quantitative estimate of drug-likeness (QED) is 0.275. The van der Waals surface area contributed by atoms with E-state index in [2.05, 4.69) is 40.7 Å². The van der Waals surface area contributed by atoms with Crippen LogP contribution in [-0.2, 0) is 9.94 Å². The van der Waals surface area contributed by atoms with Crippen LogP contribution in [0.15, 0.2) is 11.6 Å². The zero-order valence-electron chi connectivity index (χ0n) is 29.5. The monoisotopic (exact) mass is 597 g/mol. The van der Waals surface area contributed by atoms with Crippen LogP contribution in [0.3, 0.4) is 0 Å². The number of piperidine rings is 1. The predicted octanol–water partition coefficient (Wildman–Crippen LogP) is 9.83. The van der Waals surface area contributed by atoms with Gasteiger partial charge in [-0.3, -0.25) is 0 Å². The summed E-state index contributed by atoms with van der Waals surface area (Å²) in [7, 11) is 1.87. The van der Waals surface area contributed by atoms with E-state index in [1.807, 2.05) is 34.7 Å². The van der Waals surface area contributed by atoms with E-state index in [1.54, 1.807) is 10.5 Å². The molecule has 0 spiro atoms. The minimum atomic E-state index is -0.502. The molecule has 0 aromatic carbocycles. The Bertz CT molecular complexity index is 1030. The van der Waals surface area contributed by atoms with E-state index in [9.17, 15) is 10.0 Å². The number of nitrogens with zero attached hydrogens (tertiary/aromatic N) is 2. The first kappa shape index (κ1) is 33.3. The summed E-state index contributed by atoms with van der Waals surface area (Å²) < 4.78 is 6.23. The van der Waals surface area contributed by atoms with Crippen LogP contribution in [0.4, 0.5) is 4.79 Å². The highest BCUT2D eigenvalue weighted by Gasteiger charge is 2.59. The number of hydrogen-bond donors (Lipinski definition) is 0. The van der Waals surface area contributed by atoms with Crippen molar-refractivity contribution in [2.75, 3.05) is 7.05 Å². The number of hydrogen-bond acceptors (Lipinski definition) is 3. The lowest BCUT2D eigenvalue weighted by atomic mass is 9.47. The van der Waals surface area contributed by atoms with Crippen LogP contribution in [-0.4, -0.2) is 46.3 Å². The van der Waals surface area contributed by atoms with Gasteiger partial charge < -0.3 is 9.64 Å². The van der Waals surface area contributed by atoms with Crippen molar-refractivity contribution >= 4 is 6.09 Å². The summed E-state index contributed by atoms with van der Waals surface area (Å²) in [6.45, 7) is 20.5. The Morgan fingerprint density at radius 1 is 0.953 bits per heavy atom. The number of ether oxygens (including phenoxy) is 1. The Kier molecular flexibility index (Phi) is 9.25. The van der Waals surface area contributed by atoms with E-state index >= 15 is 0 Å². The van der Waals surface area contributed by atoms with Crippen LogP contribution in [0, 0.1) is 46.3 Å². The maximum Gasteiger partial charge on any atom is 0.410 e. The summed E-state index contributed by atoms with van der Waals surface area (Å²) in [5, 5.41) is 14.1. The standard InChI is InChI=1S/C38H65N2O3/c1-25(2)12-11-13-26(3)31-16-17-32-30-15-14-27-22-29(18-20-37(27,8)33(30)19-21-38(31,32)9)43-34(41)39(10)28-23-35(4,5)40(42)36(6,7)24-28/h14,25-26,28-33H,11-13,15-24H2,1-10H3/t26-,29?,30+,31-,32+,33+,37+,38-/m1/s1. The molecular formula is C38H65N2O3. The van der Waals surface area contributed by atoms with Gasteiger partial charge in [0.25, 0.3) is 0 Å². The van der Waals surface area contributed by atoms with Crippen molar-refractivity contribution in [1.29, 1.82) is 0 Å². The molecule has 5 aliphatic rings. The maximum absolute atomic E-state index is 13.4. The van der Waals surface area contributed by atoms with Crippen LogP contribution in [0.25, 0.3) is 0 Å². The highest BCUT2D eigenvalue weighted by Crippen LogP contribution is 2.67. The first-order valence-corrected chi connectivity index (χ1v) is 18.1. The molecule has 5 rings (SSSR count). The van der Waals surface area contributed by atoms with Gasteiger partial charge in [0.15, 0.2) is 0 Å². The molecule has 1 unspecified atom stereocenters. The number of rotatable bonds is 7. The first-order chi connectivity index (χ1) is 20.0. The zero-order chi connectivity index (χ0) is 31.5. The van der Waals surface area contributed by atoms with Crippen LogP contribution in [0.1, 0.15) is 146 Å². The van der Waals surface area contributed by atoms with Gasteiger partial charge in [-0.25, -0.2) is 4.79 Å². The van der Waals surface area contributed by atoms with Crippen molar-refractivity contribution in [2.45, 2.75) is 169 Å². The van der Waals surface area contributed by atoms with Gasteiger partial charge in [0.1, 0.15) is 6.10 Å². The summed E-state index contributed by atoms with van der Waals surface area (Å²) in [5.74, 6) is 5.04. The van der Waals surface area contributed by atoms with Gasteiger partial charge in [0, 0.05) is 30.6 Å². The molecule has 0 aromatic rings. The second-order valence-electron chi connectivity index (χ2n) is 18.1. The normalized spacial score (nSPS) is 39.8. The molecule has 4 aliphatic carbocycles. The van der Waals surface area contributed by atoms with E-state index in [4.69, 9.17) is 4.74 Å². The Labute approximate surface area is 264 Å². The third kappa shape index (κ3) is 6.09. The van der Waals surface area contributed by atoms with Crippen LogP contribution < -0.4 is 0 Å². The largest absolute Gasteiger partial charge is 0.446 e. The van der Waals surface area contributed by atoms with Crippen molar-refractivity contribution < 1.29 is 14.7 Å². The van der Waals surface area contributed by atoms with Gasteiger partial charge in [0.05, 0.1) is 0 Å². The van der Waals surface area contributed by atoms with Crippen LogP contribution >= 0.6 is 0 Å². The van der Waals surface area contributed by atoms with Gasteiger partial charge in [-0.2, -0.15) is 0 Å². The van der Waals surface area contributed by atoms with E-state index in [0.717, 1.165) is 54.8 Å². The fourth-order valence-electron chi connectivity index (χ4n) is 11.6. The van der Waals surface area contributed by atoms with Crippen molar-refractivity contribution in [3.05, 3.63) is 11.6 Å². The smallest absolute Gasteiger partial charge is 0.410 e. The fraction of sp³-hybridized carbons (Fsp3) is 0.921. The number of allylic oxidation sites excluding steroid dienone is 1. The number of amides is 1. The Balaban J connectivity index is 1.21. The summed E-state index contributed by atoms with van der Waals surface area (Å²) in [5.41, 5.74) is 1.34. The molecule has 8 atom stereocenters. The van der Waals surface area contributed by atoms with Crippen LogP contribution in [0.2, 0.25) is 0 Å². The molecule has 0 N–H and O–H groups in total. The zero-order valence-corrected chi connectivity index (χ0v) is 29.5. The molecule has 0 aromatic heterocycles. The fourth-order valence-corrected chi connectivity index (χ4v) is 11.6. The number of hydroxylamine groups is 2. The van der Waals surface area contributed by atoms with Crippen molar-refractivity contribution in [1.82, 2.24) is 9.96 Å². The highest BCUT2D eigenvalue weighted by molar-refractivity contribution is 5.68. The molecule has 1 saturated heterocycles. The molecule has 3 saturated carbocycles. The molecule has 5 heteroatoms. The van der Waals surface area contributed by atoms with Gasteiger partial charge in [-0.05, 0) is 132 Å². The van der Waals surface area contributed by atoms with Gasteiger partial charge in [-0.15, -0.1) is 10.3 Å². The lowest BCUT2D eigenvalue weighted by Crippen LogP contribution is -2.62. The van der Waals surface area contributed by atoms with Crippen molar-refractivity contribution in [2.24, 2.45) is 46.3 Å². The average molecular weight is 598 g/mol. The van der Waals surface area contributed by atoms with Crippen molar-refractivity contribution in [3.8, 4) is 0 Å². The summed E-state index contributed by atoms with van der Waals surface area (Å²) in [4.78, 5) is 15.2. The Morgan fingerprint density at radius 2 is 1.63 bits per heavy atom. The molecule has 4 fully saturated rings. The molecular weight excluding hydrogens is 532 g/mol. The molecule has 5 nitrogen and oxygen atoms in total. The summed E-state index contributed by atoms with van der Waals surface area (Å²) in [6.07, 6.45) is 17.7. The lowest BCUT2D eigenvalue weighted by Gasteiger charge is -2.58. The third-order valence-corrected chi connectivity index (χ3v) is 13.9. The maximum atomic E-state index is 13.4. The Morgan fingerprint density at radius 3 is 2.28 bits per heavy atom. The number of carbonyl (C=O) groups excluding carboxylic acids is 1. The lowest BCUT2D eigenvalue weighted by molar-refractivity contribution is -0.293. The van der Waals surface area contributed by atoms with Crippen LogP contribution in [0.5, 0.6) is 0 Å². The topological polar surface area (TPSA) is 52.7 Å². The predicted molar refractivity (Wildman–Crippen MR) is 175 cm³/mol. The number of carbonyl (C=O) groups is 1. The molecule has 1 aliphatic heterocycles. The molecule has 1 heterocycles. The summed E-state index contributed by atoms with van der Waals surface area (Å²) >= 11 is 0. The second-order valence-corrected chi connectivity index (χ2v) is 18.1. The number of fused-ring (bicyclic) bond motifs is 5. The van der Waals surface area contributed by atoms with E-state index < -0.39 is 11.1 Å². The minimum absolute atomic E-state index is 0.0101. The van der Waals surface area contributed by atoms with E-state index in [1.165, 1.54) is 56.4 Å². The van der Waals surface area contributed by atoms with E-state index in [-0.39, 0.29) is 23.7 Å². The molecule has 0 bridgehead atoms. The highest BCUT2D eigenvalue weighted by atomic mass is 16.6. The van der Waals surface area contributed by atoms with Gasteiger partial charge in [0.2, 0.25) is 0 Å². The SMILES string of the molecule is CC(C)CCC[C@@H](C)[C@H]1CC[C@H]2[C@@H]3CC=C4CC(OC(=O)N(C)C5CC(C)(C)N([O])C(C)(C)C5)CC[C@]4(C)[C@H]3CC[C@]12C. The molecule has 1 amide bonds. The Hall–Kier alpha value is -1.07. The minimum Gasteiger partial charge on any atom is -0.446 e. The molecule has 1 radical (unpaired) electrons. The van der Waals surface area contributed by atoms with Crippen molar-refractivity contribution in [3.63, 3.8) is 0 Å². The summed E-state index contributed by atoms with van der Waals surface area (Å²) in [6, 6.07) is 0.0101. The van der Waals surface area contributed by atoms with Gasteiger partial charge >= 0.3 is 6.09 Å². The first-order valence-electron chi connectivity index (χ1n) is 18.1. The average Bonchev–Trinajstić information content (AvgIpc) is 3.28. The second kappa shape index (κ2) is 11.9. The van der Waals surface area contributed by atoms with E-state index in [0.29, 0.717) is 18.3 Å². The molecule has 245 valence electrons. The third-order valence-electron chi connectivity index (χ3n) is 13.9.